The molecule has 0 saturated heterocycles. The van der Waals surface area contributed by atoms with E-state index in [0.717, 1.165) is 24.0 Å². The lowest BCUT2D eigenvalue weighted by Gasteiger charge is -2.22. The molecule has 0 N–H and O–H groups in total. The fourth-order valence-corrected chi connectivity index (χ4v) is 3.65. The SMILES string of the molecule is COc1cc(C[C@@H](C)[C@@H](C)Cc2cc(OC)c(OC)c(OC)c2)cc(OC)c1OC. The van der Waals surface area contributed by atoms with Crippen molar-refractivity contribution < 1.29 is 28.4 Å². The lowest BCUT2D eigenvalue weighted by Crippen LogP contribution is -2.14. The first-order valence-electron chi connectivity index (χ1n) is 10.00. The van der Waals surface area contributed by atoms with Gasteiger partial charge in [0.15, 0.2) is 23.0 Å². The zero-order chi connectivity index (χ0) is 22.3. The van der Waals surface area contributed by atoms with Crippen LogP contribution in [0.4, 0.5) is 0 Å². The van der Waals surface area contributed by atoms with Crippen LogP contribution in [-0.2, 0) is 12.8 Å². The Labute approximate surface area is 180 Å². The Hall–Kier alpha value is -2.76. The maximum absolute atomic E-state index is 5.49. The molecule has 0 heterocycles. The molecule has 6 heteroatoms. The molecule has 6 nitrogen and oxygen atoms in total. The van der Waals surface area contributed by atoms with Crippen LogP contribution >= 0.6 is 0 Å². The minimum Gasteiger partial charge on any atom is -0.493 e. The van der Waals surface area contributed by atoms with Crippen LogP contribution in [0.25, 0.3) is 0 Å². The van der Waals surface area contributed by atoms with E-state index in [1.165, 1.54) is 0 Å². The number of hydrogen-bond acceptors (Lipinski definition) is 6. The summed E-state index contributed by atoms with van der Waals surface area (Å²) in [7, 11) is 9.77. The minimum atomic E-state index is 0.423. The molecule has 0 aliphatic carbocycles. The highest BCUT2D eigenvalue weighted by molar-refractivity contribution is 5.54. The van der Waals surface area contributed by atoms with Gasteiger partial charge in [0.25, 0.3) is 0 Å². The fraction of sp³-hybridized carbons (Fsp3) is 0.500. The molecule has 2 atom stereocenters. The molecule has 30 heavy (non-hydrogen) atoms. The Bertz CT molecular complexity index is 713. The molecule has 0 aliphatic heterocycles. The molecule has 2 aromatic carbocycles. The van der Waals surface area contributed by atoms with Crippen molar-refractivity contribution in [2.45, 2.75) is 26.7 Å². The highest BCUT2D eigenvalue weighted by atomic mass is 16.5. The second kappa shape index (κ2) is 10.9. The molecule has 0 amide bonds. The van der Waals surface area contributed by atoms with E-state index in [0.29, 0.717) is 46.3 Å². The van der Waals surface area contributed by atoms with Crippen LogP contribution in [0.5, 0.6) is 34.5 Å². The van der Waals surface area contributed by atoms with Crippen molar-refractivity contribution in [2.24, 2.45) is 11.8 Å². The van der Waals surface area contributed by atoms with Crippen molar-refractivity contribution in [3.63, 3.8) is 0 Å². The quantitative estimate of drug-likeness (QED) is 0.523. The number of ether oxygens (including phenoxy) is 6. The van der Waals surface area contributed by atoms with Crippen molar-refractivity contribution in [2.75, 3.05) is 42.7 Å². The highest BCUT2D eigenvalue weighted by Gasteiger charge is 2.20. The van der Waals surface area contributed by atoms with E-state index in [4.69, 9.17) is 28.4 Å². The van der Waals surface area contributed by atoms with Gasteiger partial charge in [-0.05, 0) is 60.1 Å². The maximum atomic E-state index is 5.49. The summed E-state index contributed by atoms with van der Waals surface area (Å²) in [5.74, 6) is 4.78. The summed E-state index contributed by atoms with van der Waals surface area (Å²) >= 11 is 0. The molecule has 2 aromatic rings. The number of benzene rings is 2. The summed E-state index contributed by atoms with van der Waals surface area (Å²) in [4.78, 5) is 0. The van der Waals surface area contributed by atoms with E-state index < -0.39 is 0 Å². The van der Waals surface area contributed by atoms with Crippen molar-refractivity contribution in [3.05, 3.63) is 35.4 Å². The van der Waals surface area contributed by atoms with Crippen molar-refractivity contribution in [3.8, 4) is 34.5 Å². The molecule has 0 radical (unpaired) electrons. The topological polar surface area (TPSA) is 55.4 Å². The maximum Gasteiger partial charge on any atom is 0.203 e. The molecule has 166 valence electrons. The smallest absolute Gasteiger partial charge is 0.203 e. The average molecular weight is 419 g/mol. The molecule has 2 rings (SSSR count). The van der Waals surface area contributed by atoms with Gasteiger partial charge < -0.3 is 28.4 Å². The van der Waals surface area contributed by atoms with E-state index in [1.807, 2.05) is 24.3 Å². The van der Waals surface area contributed by atoms with Gasteiger partial charge in [-0.1, -0.05) is 13.8 Å². The molecule has 0 unspecified atom stereocenters. The predicted molar refractivity (Wildman–Crippen MR) is 118 cm³/mol. The third kappa shape index (κ3) is 5.23. The molecule has 0 aromatic heterocycles. The van der Waals surface area contributed by atoms with Gasteiger partial charge in [-0.2, -0.15) is 0 Å². The van der Waals surface area contributed by atoms with Crippen LogP contribution in [0, 0.1) is 11.8 Å². The minimum absolute atomic E-state index is 0.423. The largest absolute Gasteiger partial charge is 0.493 e. The molecular weight excluding hydrogens is 384 g/mol. The summed E-state index contributed by atoms with van der Waals surface area (Å²) < 4.78 is 32.8. The second-order valence-corrected chi connectivity index (χ2v) is 7.43. The van der Waals surface area contributed by atoms with E-state index in [2.05, 4.69) is 13.8 Å². The van der Waals surface area contributed by atoms with Crippen molar-refractivity contribution in [1.29, 1.82) is 0 Å². The first-order chi connectivity index (χ1) is 14.4. The van der Waals surface area contributed by atoms with Crippen LogP contribution in [0.3, 0.4) is 0 Å². The monoisotopic (exact) mass is 418 g/mol. The van der Waals surface area contributed by atoms with Gasteiger partial charge in [-0.25, -0.2) is 0 Å². The third-order valence-corrected chi connectivity index (χ3v) is 5.54. The molecule has 0 saturated carbocycles. The summed E-state index contributed by atoms with van der Waals surface area (Å²) in [5, 5.41) is 0. The molecule has 0 spiro atoms. The highest BCUT2D eigenvalue weighted by Crippen LogP contribution is 2.40. The Kier molecular flexibility index (Phi) is 8.51. The Balaban J connectivity index is 2.20. The summed E-state index contributed by atoms with van der Waals surface area (Å²) in [6.45, 7) is 4.51. The van der Waals surface area contributed by atoms with Gasteiger partial charge in [0.05, 0.1) is 42.7 Å². The van der Waals surface area contributed by atoms with Crippen LogP contribution in [0.1, 0.15) is 25.0 Å². The lowest BCUT2D eigenvalue weighted by molar-refractivity contribution is 0.321. The first kappa shape index (κ1) is 23.5. The van der Waals surface area contributed by atoms with Crippen LogP contribution in [0.15, 0.2) is 24.3 Å². The molecule has 0 aliphatic rings. The van der Waals surface area contributed by atoms with Gasteiger partial charge in [0, 0.05) is 0 Å². The zero-order valence-electron chi connectivity index (χ0n) is 19.3. The average Bonchev–Trinajstić information content (AvgIpc) is 2.77. The summed E-state index contributed by atoms with van der Waals surface area (Å²) in [5.41, 5.74) is 2.29. The van der Waals surface area contributed by atoms with Crippen LogP contribution in [0.2, 0.25) is 0 Å². The van der Waals surface area contributed by atoms with Gasteiger partial charge in [0.1, 0.15) is 0 Å². The Morgan fingerprint density at radius 2 is 0.767 bits per heavy atom. The van der Waals surface area contributed by atoms with Crippen LogP contribution in [-0.4, -0.2) is 42.7 Å². The van der Waals surface area contributed by atoms with Crippen molar-refractivity contribution >= 4 is 0 Å². The predicted octanol–water partition coefficient (Wildman–Crippen LogP) is 4.80. The van der Waals surface area contributed by atoms with E-state index >= 15 is 0 Å². The Morgan fingerprint density at radius 3 is 0.967 bits per heavy atom. The van der Waals surface area contributed by atoms with E-state index in [-0.39, 0.29) is 0 Å². The lowest BCUT2D eigenvalue weighted by atomic mass is 9.85. The van der Waals surface area contributed by atoms with Gasteiger partial charge >= 0.3 is 0 Å². The standard InChI is InChI=1S/C24H34O6/c1-15(9-17-11-19(25-3)23(29-7)20(12-17)26-4)16(2)10-18-13-21(27-5)24(30-8)22(14-18)28-6/h11-16H,9-10H2,1-8H3/t15-,16+. The molecular formula is C24H34O6. The van der Waals surface area contributed by atoms with Gasteiger partial charge in [0.2, 0.25) is 11.5 Å². The second-order valence-electron chi connectivity index (χ2n) is 7.43. The summed E-state index contributed by atoms with van der Waals surface area (Å²) in [6.07, 6.45) is 1.78. The van der Waals surface area contributed by atoms with E-state index in [1.54, 1.807) is 42.7 Å². The number of methoxy groups -OCH3 is 6. The fourth-order valence-electron chi connectivity index (χ4n) is 3.65. The van der Waals surface area contributed by atoms with Gasteiger partial charge in [-0.15, -0.1) is 0 Å². The number of rotatable bonds is 11. The Morgan fingerprint density at radius 1 is 0.500 bits per heavy atom. The molecule has 0 bridgehead atoms. The molecule has 0 fully saturated rings. The number of hydrogen-bond donors (Lipinski definition) is 0. The van der Waals surface area contributed by atoms with Gasteiger partial charge in [-0.3, -0.25) is 0 Å². The van der Waals surface area contributed by atoms with E-state index in [9.17, 15) is 0 Å². The van der Waals surface area contributed by atoms with Crippen LogP contribution < -0.4 is 28.4 Å². The normalized spacial score (nSPS) is 12.7. The zero-order valence-corrected chi connectivity index (χ0v) is 19.3. The first-order valence-corrected chi connectivity index (χ1v) is 10.00. The van der Waals surface area contributed by atoms with Crippen molar-refractivity contribution in [1.82, 2.24) is 0 Å². The summed E-state index contributed by atoms with van der Waals surface area (Å²) in [6, 6.07) is 8.07. The third-order valence-electron chi connectivity index (χ3n) is 5.54.